The van der Waals surface area contributed by atoms with Gasteiger partial charge >= 0.3 is 5.97 Å². The summed E-state index contributed by atoms with van der Waals surface area (Å²) in [4.78, 5) is 24.5. The molecule has 0 aliphatic carbocycles. The predicted octanol–water partition coefficient (Wildman–Crippen LogP) is 21.1. The van der Waals surface area contributed by atoms with E-state index in [0.717, 1.165) is 44.9 Å². The van der Waals surface area contributed by atoms with Crippen molar-refractivity contribution in [3.05, 3.63) is 36.5 Å². The highest BCUT2D eigenvalue weighted by Gasteiger charge is 2.18. The van der Waals surface area contributed by atoms with Crippen LogP contribution in [-0.4, -0.2) is 47.4 Å². The minimum Gasteiger partial charge on any atom is -0.466 e. The number of amides is 1. The molecule has 0 spiro atoms. The van der Waals surface area contributed by atoms with E-state index in [0.29, 0.717) is 19.4 Å². The van der Waals surface area contributed by atoms with Crippen molar-refractivity contribution >= 4 is 11.9 Å². The Labute approximate surface area is 462 Å². The van der Waals surface area contributed by atoms with Gasteiger partial charge in [-0.05, 0) is 83.5 Å². The Balaban J connectivity index is 3.42. The number of aliphatic hydroxyl groups is 2. The average molecular weight is 1040 g/mol. The minimum absolute atomic E-state index is 0.00394. The van der Waals surface area contributed by atoms with E-state index >= 15 is 0 Å². The lowest BCUT2D eigenvalue weighted by Gasteiger charge is -2.20. The van der Waals surface area contributed by atoms with Crippen LogP contribution < -0.4 is 5.32 Å². The number of rotatable bonds is 62. The lowest BCUT2D eigenvalue weighted by Crippen LogP contribution is -2.45. The van der Waals surface area contributed by atoms with E-state index in [1.54, 1.807) is 6.08 Å². The first kappa shape index (κ1) is 72.1. The Bertz CT molecular complexity index is 1200. The molecule has 2 atom stereocenters. The van der Waals surface area contributed by atoms with E-state index in [2.05, 4.69) is 43.5 Å². The predicted molar refractivity (Wildman–Crippen MR) is 324 cm³/mol. The number of nitrogens with one attached hydrogen (secondary N) is 1. The molecule has 6 heteroatoms. The number of unbranched alkanes of at least 4 members (excludes halogenated alkanes) is 47. The van der Waals surface area contributed by atoms with Crippen LogP contribution in [-0.2, 0) is 14.3 Å². The monoisotopic (exact) mass is 1040 g/mol. The summed E-state index contributed by atoms with van der Waals surface area (Å²) in [7, 11) is 0. The Kier molecular flexibility index (Phi) is 62.0. The van der Waals surface area contributed by atoms with Crippen molar-refractivity contribution in [2.75, 3.05) is 13.2 Å². The molecule has 0 aromatic rings. The molecule has 0 fully saturated rings. The van der Waals surface area contributed by atoms with Crippen LogP contribution in [0, 0.1) is 0 Å². The fourth-order valence-electron chi connectivity index (χ4n) is 10.3. The van der Waals surface area contributed by atoms with Crippen molar-refractivity contribution in [1.29, 1.82) is 0 Å². The summed E-state index contributed by atoms with van der Waals surface area (Å²) in [6, 6.07) is -0.630. The van der Waals surface area contributed by atoms with Crippen LogP contribution in [0.15, 0.2) is 36.5 Å². The average Bonchev–Trinajstić information content (AvgIpc) is 3.40. The fourth-order valence-corrected chi connectivity index (χ4v) is 10.3. The number of ether oxygens (including phenoxy) is 1. The number of allylic oxidation sites excluding steroid dienone is 5. The normalized spacial score (nSPS) is 12.8. The van der Waals surface area contributed by atoms with Crippen LogP contribution in [0.1, 0.15) is 361 Å². The molecule has 0 saturated carbocycles. The van der Waals surface area contributed by atoms with Gasteiger partial charge in [0.15, 0.2) is 0 Å². The topological polar surface area (TPSA) is 95.9 Å². The highest BCUT2D eigenvalue weighted by molar-refractivity contribution is 5.76. The Hall–Kier alpha value is -1.92. The van der Waals surface area contributed by atoms with Gasteiger partial charge in [-0.15, -0.1) is 0 Å². The van der Waals surface area contributed by atoms with E-state index in [1.165, 1.54) is 289 Å². The molecule has 1 amide bonds. The Morgan fingerprint density at radius 1 is 0.365 bits per heavy atom. The molecule has 74 heavy (non-hydrogen) atoms. The summed E-state index contributed by atoms with van der Waals surface area (Å²) >= 11 is 0. The van der Waals surface area contributed by atoms with Crippen LogP contribution in [0.25, 0.3) is 0 Å². The molecule has 0 bridgehead atoms. The van der Waals surface area contributed by atoms with Gasteiger partial charge in [0, 0.05) is 12.8 Å². The molecule has 0 radical (unpaired) electrons. The van der Waals surface area contributed by atoms with Crippen LogP contribution in [0.5, 0.6) is 0 Å². The number of aliphatic hydroxyl groups excluding tert-OH is 2. The minimum atomic E-state index is -0.846. The van der Waals surface area contributed by atoms with E-state index in [-0.39, 0.29) is 18.5 Å². The number of hydrogen-bond acceptors (Lipinski definition) is 5. The number of carbonyl (C=O) groups is 2. The van der Waals surface area contributed by atoms with Crippen molar-refractivity contribution in [3.63, 3.8) is 0 Å². The molecule has 0 aliphatic rings. The highest BCUT2D eigenvalue weighted by atomic mass is 16.5. The van der Waals surface area contributed by atoms with Gasteiger partial charge in [0.25, 0.3) is 0 Å². The van der Waals surface area contributed by atoms with Crippen molar-refractivity contribution in [1.82, 2.24) is 5.32 Å². The maximum absolute atomic E-state index is 12.5. The van der Waals surface area contributed by atoms with Crippen molar-refractivity contribution < 1.29 is 24.5 Å². The van der Waals surface area contributed by atoms with Gasteiger partial charge in [-0.1, -0.05) is 301 Å². The zero-order valence-electron chi connectivity index (χ0n) is 49.8. The summed E-state index contributed by atoms with van der Waals surface area (Å²) < 4.78 is 5.47. The molecule has 0 aromatic heterocycles. The Morgan fingerprint density at radius 3 is 0.986 bits per heavy atom. The second-order valence-electron chi connectivity index (χ2n) is 22.8. The molecular formula is C68H129NO5. The van der Waals surface area contributed by atoms with Crippen molar-refractivity contribution in [2.45, 2.75) is 373 Å². The Morgan fingerprint density at radius 2 is 0.635 bits per heavy atom. The van der Waals surface area contributed by atoms with Gasteiger partial charge in [0.05, 0.1) is 25.4 Å². The van der Waals surface area contributed by atoms with Crippen molar-refractivity contribution in [2.24, 2.45) is 0 Å². The summed E-state index contributed by atoms with van der Waals surface area (Å²) in [5, 5.41) is 23.2. The molecule has 0 heterocycles. The van der Waals surface area contributed by atoms with Crippen LogP contribution in [0.3, 0.4) is 0 Å². The van der Waals surface area contributed by atoms with E-state index in [1.807, 2.05) is 6.08 Å². The summed E-state index contributed by atoms with van der Waals surface area (Å²) in [6.07, 6.45) is 80.6. The SMILES string of the molecule is CCCCC/C=C\CCCCCCCC(=O)OCCCCCCCCCCCCCC/C=C\CCCCCCCCCCCCC(=O)NC(CO)C(O)/C=C/CCCCCCCCCCCCCCCCCCC. The molecule has 6 nitrogen and oxygen atoms in total. The number of hydrogen-bond donors (Lipinski definition) is 3. The first-order valence-electron chi connectivity index (χ1n) is 33.3. The number of carbonyl (C=O) groups excluding carboxylic acids is 2. The molecule has 0 saturated heterocycles. The maximum atomic E-state index is 12.5. The standard InChI is InChI=1S/C68H129NO5/c1-3-5-7-9-11-13-15-17-18-19-28-31-34-37-40-44-48-52-56-60-66(71)65(64-70)69-67(72)61-57-53-49-45-41-38-35-32-29-26-24-22-20-21-23-25-27-30-33-36-39-43-47-51-55-59-63-74-68(73)62-58-54-50-46-42-16-14-12-10-8-6-4-2/h12,14,20,22,56,60,65-66,70-71H,3-11,13,15-19,21,23-55,57-59,61-64H2,1-2H3,(H,69,72)/b14-12-,22-20-,60-56+. The smallest absolute Gasteiger partial charge is 0.305 e. The summed E-state index contributed by atoms with van der Waals surface area (Å²) in [5.41, 5.74) is 0. The van der Waals surface area contributed by atoms with Crippen LogP contribution in [0.4, 0.5) is 0 Å². The van der Waals surface area contributed by atoms with E-state index < -0.39 is 12.1 Å². The first-order valence-corrected chi connectivity index (χ1v) is 33.3. The molecule has 0 aromatic carbocycles. The zero-order chi connectivity index (χ0) is 53.6. The highest BCUT2D eigenvalue weighted by Crippen LogP contribution is 2.18. The summed E-state index contributed by atoms with van der Waals surface area (Å²) in [6.45, 7) is 4.90. The second-order valence-corrected chi connectivity index (χ2v) is 22.8. The third-order valence-corrected chi connectivity index (χ3v) is 15.4. The fraction of sp³-hybridized carbons (Fsp3) is 0.882. The van der Waals surface area contributed by atoms with Crippen LogP contribution in [0.2, 0.25) is 0 Å². The van der Waals surface area contributed by atoms with E-state index in [4.69, 9.17) is 4.74 Å². The number of esters is 1. The molecule has 3 N–H and O–H groups in total. The largest absolute Gasteiger partial charge is 0.466 e. The summed E-state index contributed by atoms with van der Waals surface area (Å²) in [5.74, 6) is -0.0632. The molecule has 0 aliphatic heterocycles. The van der Waals surface area contributed by atoms with Gasteiger partial charge < -0.3 is 20.3 Å². The third kappa shape index (κ3) is 59.3. The van der Waals surface area contributed by atoms with Gasteiger partial charge in [-0.25, -0.2) is 0 Å². The molecule has 2 unspecified atom stereocenters. The third-order valence-electron chi connectivity index (χ3n) is 15.4. The van der Waals surface area contributed by atoms with Crippen LogP contribution >= 0.6 is 0 Å². The lowest BCUT2D eigenvalue weighted by molar-refractivity contribution is -0.143. The van der Waals surface area contributed by atoms with Gasteiger partial charge in [-0.3, -0.25) is 9.59 Å². The van der Waals surface area contributed by atoms with Gasteiger partial charge in [0.2, 0.25) is 5.91 Å². The maximum Gasteiger partial charge on any atom is 0.305 e. The quantitative estimate of drug-likeness (QED) is 0.0320. The van der Waals surface area contributed by atoms with E-state index in [9.17, 15) is 19.8 Å². The second kappa shape index (κ2) is 63.6. The van der Waals surface area contributed by atoms with Gasteiger partial charge in [-0.2, -0.15) is 0 Å². The molecule has 0 rings (SSSR count). The lowest BCUT2D eigenvalue weighted by atomic mass is 10.0. The molecular weight excluding hydrogens is 911 g/mol. The van der Waals surface area contributed by atoms with Crippen molar-refractivity contribution in [3.8, 4) is 0 Å². The first-order chi connectivity index (χ1) is 36.5. The molecule has 436 valence electrons. The van der Waals surface area contributed by atoms with Gasteiger partial charge in [0.1, 0.15) is 0 Å². The zero-order valence-corrected chi connectivity index (χ0v) is 49.8.